The van der Waals surface area contributed by atoms with Crippen LogP contribution in [-0.4, -0.2) is 53.0 Å². The van der Waals surface area contributed by atoms with Gasteiger partial charge in [-0.2, -0.15) is 4.98 Å². The third kappa shape index (κ3) is 2.40. The number of piperazine rings is 1. The molecular weight excluding hydrogens is 278 g/mol. The molecule has 0 aliphatic carbocycles. The topological polar surface area (TPSA) is 61.4 Å². The van der Waals surface area contributed by atoms with E-state index in [0.29, 0.717) is 23.4 Å². The van der Waals surface area contributed by atoms with Crippen LogP contribution in [0.3, 0.4) is 0 Å². The van der Waals surface area contributed by atoms with E-state index in [0.717, 1.165) is 38.4 Å². The molecule has 0 radical (unpaired) electrons. The van der Waals surface area contributed by atoms with Gasteiger partial charge in [0.05, 0.1) is 6.20 Å². The van der Waals surface area contributed by atoms with Crippen molar-refractivity contribution in [2.24, 2.45) is 0 Å². The Kier molecular flexibility index (Phi) is 3.65. The van der Waals surface area contributed by atoms with Gasteiger partial charge in [0.15, 0.2) is 5.82 Å². The normalized spacial score (nSPS) is 22.1. The maximum atomic E-state index is 11.7. The van der Waals surface area contributed by atoms with Gasteiger partial charge in [-0.25, -0.2) is 4.98 Å². The smallest absolute Gasteiger partial charge is 0.224 e. The van der Waals surface area contributed by atoms with Crippen molar-refractivity contribution in [1.82, 2.24) is 14.9 Å². The third-order valence-electron chi connectivity index (χ3n) is 3.85. The summed E-state index contributed by atoms with van der Waals surface area (Å²) in [7, 11) is 0. The zero-order chi connectivity index (χ0) is 14.1. The first-order valence-electron chi connectivity index (χ1n) is 7.00. The minimum absolute atomic E-state index is 0.275. The van der Waals surface area contributed by atoms with E-state index in [1.807, 2.05) is 11.8 Å². The van der Waals surface area contributed by atoms with Crippen molar-refractivity contribution < 1.29 is 4.79 Å². The van der Waals surface area contributed by atoms with E-state index in [-0.39, 0.29) is 5.91 Å². The Morgan fingerprint density at radius 1 is 1.50 bits per heavy atom. The molecular formula is C13H18ClN5O. The third-order valence-corrected chi connectivity index (χ3v) is 4.12. The molecule has 1 unspecified atom stereocenters. The van der Waals surface area contributed by atoms with Gasteiger partial charge in [-0.3, -0.25) is 4.79 Å². The molecule has 3 rings (SSSR count). The Balaban J connectivity index is 1.79. The molecule has 0 aromatic carbocycles. The molecule has 3 heterocycles. The summed E-state index contributed by atoms with van der Waals surface area (Å²) in [6.07, 6.45) is 3.23. The number of rotatable bonds is 3. The van der Waals surface area contributed by atoms with Crippen LogP contribution in [0, 0.1) is 0 Å². The van der Waals surface area contributed by atoms with Crippen molar-refractivity contribution in [1.29, 1.82) is 0 Å². The molecule has 1 N–H and O–H groups in total. The molecule has 0 spiro atoms. The number of hydrogen-bond acceptors (Lipinski definition) is 5. The highest BCUT2D eigenvalue weighted by molar-refractivity contribution is 6.32. The van der Waals surface area contributed by atoms with Crippen molar-refractivity contribution in [3.63, 3.8) is 0 Å². The quantitative estimate of drug-likeness (QED) is 0.913. The zero-order valence-corrected chi connectivity index (χ0v) is 12.2. The summed E-state index contributed by atoms with van der Waals surface area (Å²) in [4.78, 5) is 24.5. The molecule has 108 valence electrons. The van der Waals surface area contributed by atoms with Gasteiger partial charge in [-0.15, -0.1) is 0 Å². The van der Waals surface area contributed by atoms with Crippen molar-refractivity contribution in [2.45, 2.75) is 25.8 Å². The molecule has 0 saturated carbocycles. The summed E-state index contributed by atoms with van der Waals surface area (Å²) in [6.45, 7) is 5.09. The Hall–Kier alpha value is -1.56. The number of nitrogens with one attached hydrogen (secondary N) is 1. The van der Waals surface area contributed by atoms with Gasteiger partial charge < -0.3 is 15.1 Å². The van der Waals surface area contributed by atoms with Crippen molar-refractivity contribution >= 4 is 29.3 Å². The lowest BCUT2D eigenvalue weighted by atomic mass is 10.1. The van der Waals surface area contributed by atoms with Gasteiger partial charge in [0, 0.05) is 38.6 Å². The maximum Gasteiger partial charge on any atom is 0.224 e. The van der Waals surface area contributed by atoms with Gasteiger partial charge in [0.2, 0.25) is 11.9 Å². The van der Waals surface area contributed by atoms with Crippen LogP contribution >= 0.6 is 11.6 Å². The summed E-state index contributed by atoms with van der Waals surface area (Å²) in [6, 6.07) is 0.296. The highest BCUT2D eigenvalue weighted by Crippen LogP contribution is 2.29. The second-order valence-corrected chi connectivity index (χ2v) is 5.53. The van der Waals surface area contributed by atoms with Gasteiger partial charge in [0.1, 0.15) is 5.02 Å². The van der Waals surface area contributed by atoms with E-state index in [1.165, 1.54) is 0 Å². The zero-order valence-electron chi connectivity index (χ0n) is 11.5. The molecule has 2 saturated heterocycles. The molecule has 1 amide bonds. The summed E-state index contributed by atoms with van der Waals surface area (Å²) < 4.78 is 0. The van der Waals surface area contributed by atoms with E-state index in [9.17, 15) is 4.79 Å². The van der Waals surface area contributed by atoms with E-state index < -0.39 is 0 Å². The highest BCUT2D eigenvalue weighted by atomic mass is 35.5. The lowest BCUT2D eigenvalue weighted by Gasteiger charge is -2.38. The first-order chi connectivity index (χ1) is 9.69. The SMILES string of the molecule is CCNc1ncc(Cl)c(N2CCN3C(=O)CCC3C2)n1. The minimum Gasteiger partial charge on any atom is -0.354 e. The van der Waals surface area contributed by atoms with Gasteiger partial charge >= 0.3 is 0 Å². The van der Waals surface area contributed by atoms with E-state index in [2.05, 4.69) is 20.2 Å². The van der Waals surface area contributed by atoms with Crippen LogP contribution in [0.15, 0.2) is 6.20 Å². The van der Waals surface area contributed by atoms with Crippen molar-refractivity contribution in [2.75, 3.05) is 36.4 Å². The molecule has 2 aliphatic rings. The van der Waals surface area contributed by atoms with Gasteiger partial charge in [-0.1, -0.05) is 11.6 Å². The average molecular weight is 296 g/mol. The number of amides is 1. The Morgan fingerprint density at radius 2 is 2.35 bits per heavy atom. The number of anilines is 2. The van der Waals surface area contributed by atoms with E-state index >= 15 is 0 Å². The average Bonchev–Trinajstić information content (AvgIpc) is 2.82. The van der Waals surface area contributed by atoms with E-state index in [4.69, 9.17) is 11.6 Å². The molecule has 0 bridgehead atoms. The van der Waals surface area contributed by atoms with E-state index in [1.54, 1.807) is 6.20 Å². The number of halogens is 1. The fourth-order valence-corrected chi connectivity index (χ4v) is 3.09. The molecule has 1 aromatic rings. The predicted molar refractivity (Wildman–Crippen MR) is 78.2 cm³/mol. The fraction of sp³-hybridized carbons (Fsp3) is 0.615. The van der Waals surface area contributed by atoms with Crippen LogP contribution < -0.4 is 10.2 Å². The second kappa shape index (κ2) is 5.44. The monoisotopic (exact) mass is 295 g/mol. The van der Waals surface area contributed by atoms with Crippen LogP contribution in [0.2, 0.25) is 5.02 Å². The lowest BCUT2D eigenvalue weighted by molar-refractivity contribution is -0.129. The number of nitrogens with zero attached hydrogens (tertiary/aromatic N) is 4. The molecule has 2 fully saturated rings. The molecule has 6 nitrogen and oxygen atoms in total. The second-order valence-electron chi connectivity index (χ2n) is 5.12. The standard InChI is InChI=1S/C13H18ClN5O/c1-2-15-13-16-7-10(14)12(17-13)18-5-6-19-9(8-18)3-4-11(19)20/h7,9H,2-6,8H2,1H3,(H,15,16,17). The number of fused-ring (bicyclic) bond motifs is 1. The fourth-order valence-electron chi connectivity index (χ4n) is 2.88. The van der Waals surface area contributed by atoms with Crippen molar-refractivity contribution in [3.8, 4) is 0 Å². The number of carbonyl (C=O) groups excluding carboxylic acids is 1. The first kappa shape index (κ1) is 13.4. The summed E-state index contributed by atoms with van der Waals surface area (Å²) in [5, 5.41) is 3.66. The van der Waals surface area contributed by atoms with Crippen LogP contribution in [-0.2, 0) is 4.79 Å². The molecule has 1 aromatic heterocycles. The van der Waals surface area contributed by atoms with Gasteiger partial charge in [0.25, 0.3) is 0 Å². The number of carbonyl (C=O) groups is 1. The number of hydrogen-bond donors (Lipinski definition) is 1. The molecule has 7 heteroatoms. The van der Waals surface area contributed by atoms with Gasteiger partial charge in [-0.05, 0) is 13.3 Å². The molecule has 20 heavy (non-hydrogen) atoms. The van der Waals surface area contributed by atoms with Crippen LogP contribution in [0.5, 0.6) is 0 Å². The summed E-state index contributed by atoms with van der Waals surface area (Å²) in [5.74, 6) is 1.63. The molecule has 2 aliphatic heterocycles. The predicted octanol–water partition coefficient (Wildman–Crippen LogP) is 1.37. The number of aromatic nitrogens is 2. The highest BCUT2D eigenvalue weighted by Gasteiger charge is 2.36. The van der Waals surface area contributed by atoms with Crippen LogP contribution in [0.4, 0.5) is 11.8 Å². The summed E-state index contributed by atoms with van der Waals surface area (Å²) in [5.41, 5.74) is 0. The van der Waals surface area contributed by atoms with Crippen LogP contribution in [0.25, 0.3) is 0 Å². The summed E-state index contributed by atoms with van der Waals surface area (Å²) >= 11 is 6.23. The van der Waals surface area contributed by atoms with Crippen molar-refractivity contribution in [3.05, 3.63) is 11.2 Å². The largest absolute Gasteiger partial charge is 0.354 e. The Labute approximate surface area is 123 Å². The first-order valence-corrected chi connectivity index (χ1v) is 7.37. The lowest BCUT2D eigenvalue weighted by Crippen LogP contribution is -2.51. The maximum absolute atomic E-state index is 11.7. The molecule has 1 atom stereocenters. The minimum atomic E-state index is 0.275. The Bertz CT molecular complexity index is 523. The Morgan fingerprint density at radius 3 is 3.15 bits per heavy atom. The van der Waals surface area contributed by atoms with Crippen LogP contribution in [0.1, 0.15) is 19.8 Å².